The van der Waals surface area contributed by atoms with Crippen molar-refractivity contribution in [1.29, 1.82) is 0 Å². The molecular weight excluding hydrogens is 769 g/mol. The van der Waals surface area contributed by atoms with E-state index in [2.05, 4.69) is 29.1 Å². The van der Waals surface area contributed by atoms with Gasteiger partial charge in [-0.05, 0) is 26.0 Å². The fourth-order valence-corrected chi connectivity index (χ4v) is 5.52. The predicted molar refractivity (Wildman–Crippen MR) is 226 cm³/mol. The number of rotatable bonds is 15. The molecule has 0 saturated heterocycles. The molecule has 14 heteroatoms. The summed E-state index contributed by atoms with van der Waals surface area (Å²) in [5, 5.41) is 0. The Balaban J connectivity index is 0.000000211. The third kappa shape index (κ3) is 16.7. The van der Waals surface area contributed by atoms with Crippen molar-refractivity contribution in [2.75, 3.05) is 26.0 Å². The standard InChI is InChI=1S/C22H21N3O2.C17H17NO2.C6H8N2O3S/c1-2-27-22(26)20(15-19-13-14-23-16-24-19)25-21(17-9-5-3-6-10-17)18-11-7-4-8-12-18;1-2-20-16(19)13-18-17(14-9-5-3-6-10-14)15-11-7-4-8-12-15;1-12(9,10)11-4-6-2-3-7-5-8-6/h3-14,16,20H,2,15H2,1H3;3-12H,2,13H2,1H3;2-3,5H,4H2,1H3. The van der Waals surface area contributed by atoms with Crippen LogP contribution < -0.4 is 0 Å². The minimum atomic E-state index is -3.38. The largest absolute Gasteiger partial charge is 0.465 e. The van der Waals surface area contributed by atoms with Crippen molar-refractivity contribution in [3.63, 3.8) is 0 Å². The summed E-state index contributed by atoms with van der Waals surface area (Å²) in [6.45, 7) is 4.25. The number of benzene rings is 4. The molecule has 6 aromatic rings. The van der Waals surface area contributed by atoms with Crippen molar-refractivity contribution in [2.45, 2.75) is 32.9 Å². The molecule has 13 nitrogen and oxygen atoms in total. The average Bonchev–Trinajstić information content (AvgIpc) is 3.27. The van der Waals surface area contributed by atoms with Crippen LogP contribution in [0.15, 0.2) is 168 Å². The molecule has 0 saturated carbocycles. The lowest BCUT2D eigenvalue weighted by atomic mass is 10.0. The lowest BCUT2D eigenvalue weighted by Crippen LogP contribution is -2.26. The van der Waals surface area contributed by atoms with Gasteiger partial charge in [0.1, 0.15) is 25.8 Å². The van der Waals surface area contributed by atoms with Crippen molar-refractivity contribution >= 4 is 33.5 Å². The molecule has 0 aliphatic carbocycles. The second-order valence-electron chi connectivity index (χ2n) is 12.3. The molecule has 1 atom stereocenters. The smallest absolute Gasteiger partial charge is 0.331 e. The Morgan fingerprint density at radius 3 is 1.46 bits per heavy atom. The maximum Gasteiger partial charge on any atom is 0.331 e. The van der Waals surface area contributed by atoms with Crippen molar-refractivity contribution in [2.24, 2.45) is 9.98 Å². The SMILES string of the molecule is CCOC(=O)C(Cc1ccncn1)N=C(c1ccccc1)c1ccccc1.CCOC(=O)CN=C(c1ccccc1)c1ccccc1.CS(=O)(=O)OCc1ccncn1. The van der Waals surface area contributed by atoms with E-state index in [1.54, 1.807) is 32.2 Å². The summed E-state index contributed by atoms with van der Waals surface area (Å²) in [7, 11) is -3.38. The van der Waals surface area contributed by atoms with Crippen molar-refractivity contribution in [3.05, 3.63) is 192 Å². The number of ether oxygens (including phenoxy) is 2. The molecule has 2 aromatic heterocycles. The maximum absolute atomic E-state index is 12.6. The highest BCUT2D eigenvalue weighted by molar-refractivity contribution is 7.85. The summed E-state index contributed by atoms with van der Waals surface area (Å²) >= 11 is 0. The number of hydrogen-bond acceptors (Lipinski definition) is 13. The summed E-state index contributed by atoms with van der Waals surface area (Å²) in [5.74, 6) is -0.669. The molecular formula is C45H46N6O7S. The van der Waals surface area contributed by atoms with Gasteiger partial charge in [0.15, 0.2) is 6.04 Å². The Hall–Kier alpha value is -6.77. The Bertz CT molecular complexity index is 2220. The molecule has 0 N–H and O–H groups in total. The molecule has 0 radical (unpaired) electrons. The van der Waals surface area contributed by atoms with Crippen LogP contribution >= 0.6 is 0 Å². The Labute approximate surface area is 345 Å². The molecule has 0 fully saturated rings. The summed E-state index contributed by atoms with van der Waals surface area (Å²) in [6, 6.07) is 42.0. The average molecular weight is 815 g/mol. The molecule has 304 valence electrons. The molecule has 6 rings (SSSR count). The molecule has 0 bridgehead atoms. The van der Waals surface area contributed by atoms with Crippen LogP contribution in [0.5, 0.6) is 0 Å². The molecule has 0 aliphatic rings. The van der Waals surface area contributed by atoms with Crippen LogP contribution in [0.3, 0.4) is 0 Å². The second kappa shape index (κ2) is 24.8. The fourth-order valence-electron chi connectivity index (χ4n) is 5.18. The van der Waals surface area contributed by atoms with Gasteiger partial charge in [-0.25, -0.2) is 24.7 Å². The van der Waals surface area contributed by atoms with Gasteiger partial charge < -0.3 is 9.47 Å². The quantitative estimate of drug-likeness (QED) is 0.0627. The topological polar surface area (TPSA) is 172 Å². The van der Waals surface area contributed by atoms with E-state index in [0.717, 1.165) is 45.6 Å². The summed E-state index contributed by atoms with van der Waals surface area (Å²) in [4.78, 5) is 48.9. The molecule has 1 unspecified atom stereocenters. The molecule has 2 heterocycles. The third-order valence-electron chi connectivity index (χ3n) is 7.81. The van der Waals surface area contributed by atoms with Gasteiger partial charge in [-0.2, -0.15) is 8.42 Å². The van der Waals surface area contributed by atoms with Crippen LogP contribution in [0, 0.1) is 0 Å². The van der Waals surface area contributed by atoms with Crippen molar-refractivity contribution < 1.29 is 31.7 Å². The summed E-state index contributed by atoms with van der Waals surface area (Å²) in [6.07, 6.45) is 7.33. The van der Waals surface area contributed by atoms with Gasteiger partial charge in [-0.15, -0.1) is 0 Å². The highest BCUT2D eigenvalue weighted by Crippen LogP contribution is 2.15. The predicted octanol–water partition coefficient (Wildman–Crippen LogP) is 6.53. The monoisotopic (exact) mass is 814 g/mol. The minimum Gasteiger partial charge on any atom is -0.465 e. The van der Waals surface area contributed by atoms with Gasteiger partial charge >= 0.3 is 11.9 Å². The van der Waals surface area contributed by atoms with Gasteiger partial charge in [0.25, 0.3) is 10.1 Å². The highest BCUT2D eigenvalue weighted by Gasteiger charge is 2.22. The number of esters is 2. The first-order valence-corrected chi connectivity index (χ1v) is 20.5. The summed E-state index contributed by atoms with van der Waals surface area (Å²) in [5.41, 5.74) is 6.71. The van der Waals surface area contributed by atoms with Crippen LogP contribution in [0.4, 0.5) is 0 Å². The molecule has 0 aliphatic heterocycles. The zero-order chi connectivity index (χ0) is 42.1. The van der Waals surface area contributed by atoms with E-state index in [9.17, 15) is 18.0 Å². The van der Waals surface area contributed by atoms with Gasteiger partial charge in [0.2, 0.25) is 0 Å². The van der Waals surface area contributed by atoms with Gasteiger partial charge in [-0.1, -0.05) is 121 Å². The zero-order valence-electron chi connectivity index (χ0n) is 33.1. The van der Waals surface area contributed by atoms with E-state index in [1.807, 2.05) is 121 Å². The Kier molecular flexibility index (Phi) is 18.9. The number of carbonyl (C=O) groups is 2. The van der Waals surface area contributed by atoms with E-state index in [0.29, 0.717) is 25.3 Å². The summed E-state index contributed by atoms with van der Waals surface area (Å²) < 4.78 is 35.8. The van der Waals surface area contributed by atoms with E-state index in [-0.39, 0.29) is 25.1 Å². The third-order valence-corrected chi connectivity index (χ3v) is 8.36. The number of hydrogen-bond donors (Lipinski definition) is 0. The normalized spacial score (nSPS) is 10.9. The number of nitrogens with zero attached hydrogens (tertiary/aromatic N) is 6. The van der Waals surface area contributed by atoms with Crippen LogP contribution in [0.1, 0.15) is 47.5 Å². The number of carbonyl (C=O) groups excluding carboxylic acids is 2. The first-order valence-electron chi connectivity index (χ1n) is 18.7. The lowest BCUT2D eigenvalue weighted by Gasteiger charge is -2.15. The second-order valence-corrected chi connectivity index (χ2v) is 13.9. The van der Waals surface area contributed by atoms with E-state index in [1.165, 1.54) is 18.9 Å². The zero-order valence-corrected chi connectivity index (χ0v) is 33.9. The molecule has 0 spiro atoms. The lowest BCUT2D eigenvalue weighted by molar-refractivity contribution is -0.144. The minimum absolute atomic E-state index is 0.0347. The molecule has 0 amide bonds. The fraction of sp³-hybridized carbons (Fsp3) is 0.200. The van der Waals surface area contributed by atoms with Crippen LogP contribution in [-0.4, -0.2) is 83.8 Å². The molecule has 59 heavy (non-hydrogen) atoms. The first-order chi connectivity index (χ1) is 28.7. The highest BCUT2D eigenvalue weighted by atomic mass is 32.2. The maximum atomic E-state index is 12.6. The van der Waals surface area contributed by atoms with Gasteiger partial charge in [-0.3, -0.25) is 19.0 Å². The van der Waals surface area contributed by atoms with Crippen LogP contribution in [-0.2, 0) is 46.4 Å². The number of aromatic nitrogens is 4. The van der Waals surface area contributed by atoms with Gasteiger partial charge in [0.05, 0.1) is 36.6 Å². The molecule has 4 aromatic carbocycles. The van der Waals surface area contributed by atoms with Crippen molar-refractivity contribution in [1.82, 2.24) is 19.9 Å². The Morgan fingerprint density at radius 2 is 1.05 bits per heavy atom. The van der Waals surface area contributed by atoms with Crippen LogP contribution in [0.25, 0.3) is 0 Å². The van der Waals surface area contributed by atoms with E-state index >= 15 is 0 Å². The van der Waals surface area contributed by atoms with Crippen LogP contribution in [0.2, 0.25) is 0 Å². The van der Waals surface area contributed by atoms with E-state index in [4.69, 9.17) is 14.5 Å². The van der Waals surface area contributed by atoms with Gasteiger partial charge in [0, 0.05) is 46.8 Å². The first kappa shape index (κ1) is 44.9. The number of aliphatic imine (C=N–C) groups is 2. The van der Waals surface area contributed by atoms with E-state index < -0.39 is 16.2 Å². The Morgan fingerprint density at radius 1 is 0.610 bits per heavy atom. The van der Waals surface area contributed by atoms with Crippen molar-refractivity contribution in [3.8, 4) is 0 Å².